The Hall–Kier alpha value is -0.870. The molecule has 1 aliphatic rings. The van der Waals surface area contributed by atoms with Gasteiger partial charge >= 0.3 is 0 Å². The number of likely N-dealkylation sites (N-methyl/N-ethyl adjacent to an activating group) is 1. The summed E-state index contributed by atoms with van der Waals surface area (Å²) < 4.78 is 5.67. The second kappa shape index (κ2) is 7.41. The molecule has 0 aromatic heterocycles. The van der Waals surface area contributed by atoms with Crippen molar-refractivity contribution < 1.29 is 9.53 Å². The zero-order valence-electron chi connectivity index (χ0n) is 10.1. The molecule has 1 heterocycles. The van der Waals surface area contributed by atoms with Crippen LogP contribution in [0.3, 0.4) is 0 Å². The second-order valence-electron chi connectivity index (χ2n) is 4.13. The number of amides is 1. The molecule has 1 aliphatic heterocycles. The molecule has 0 unspecified atom stereocenters. The van der Waals surface area contributed by atoms with Crippen LogP contribution in [0.2, 0.25) is 0 Å². The largest absolute Gasteiger partial charge is 0.378 e. The molecule has 1 N–H and O–H groups in total. The SMILES string of the molecule is C=CCN(C)C(=O)CCOC1CCNCC1. The summed E-state index contributed by atoms with van der Waals surface area (Å²) in [5, 5.41) is 3.28. The third-order valence-electron chi connectivity index (χ3n) is 2.78. The molecule has 16 heavy (non-hydrogen) atoms. The maximum atomic E-state index is 11.6. The first kappa shape index (κ1) is 13.2. The summed E-state index contributed by atoms with van der Waals surface area (Å²) in [4.78, 5) is 13.2. The molecule has 0 aromatic rings. The van der Waals surface area contributed by atoms with Gasteiger partial charge in [-0.1, -0.05) is 6.08 Å². The highest BCUT2D eigenvalue weighted by Gasteiger charge is 2.14. The molecule has 92 valence electrons. The number of nitrogens with one attached hydrogen (secondary N) is 1. The minimum Gasteiger partial charge on any atom is -0.378 e. The summed E-state index contributed by atoms with van der Waals surface area (Å²) in [6.45, 7) is 6.79. The predicted molar refractivity (Wildman–Crippen MR) is 64.3 cm³/mol. The van der Waals surface area contributed by atoms with E-state index in [0.29, 0.717) is 25.7 Å². The van der Waals surface area contributed by atoms with Crippen LogP contribution in [0.15, 0.2) is 12.7 Å². The van der Waals surface area contributed by atoms with Crippen molar-refractivity contribution in [2.75, 3.05) is 33.3 Å². The first-order chi connectivity index (χ1) is 7.74. The third kappa shape index (κ3) is 4.77. The monoisotopic (exact) mass is 226 g/mol. The third-order valence-corrected chi connectivity index (χ3v) is 2.78. The van der Waals surface area contributed by atoms with E-state index < -0.39 is 0 Å². The minimum absolute atomic E-state index is 0.119. The molecule has 0 bridgehead atoms. The smallest absolute Gasteiger partial charge is 0.224 e. The molecule has 4 heteroatoms. The van der Waals surface area contributed by atoms with Crippen molar-refractivity contribution in [3.63, 3.8) is 0 Å². The molecule has 1 fully saturated rings. The summed E-state index contributed by atoms with van der Waals surface area (Å²) >= 11 is 0. The van der Waals surface area contributed by atoms with Crippen LogP contribution in [-0.2, 0) is 9.53 Å². The van der Waals surface area contributed by atoms with Crippen molar-refractivity contribution in [2.24, 2.45) is 0 Å². The molecular formula is C12H22N2O2. The highest BCUT2D eigenvalue weighted by atomic mass is 16.5. The van der Waals surface area contributed by atoms with E-state index in [1.807, 2.05) is 0 Å². The molecule has 0 aliphatic carbocycles. The van der Waals surface area contributed by atoms with E-state index in [9.17, 15) is 4.79 Å². The first-order valence-electron chi connectivity index (χ1n) is 5.91. The van der Waals surface area contributed by atoms with Crippen LogP contribution < -0.4 is 5.32 Å². The highest BCUT2D eigenvalue weighted by molar-refractivity contribution is 5.76. The lowest BCUT2D eigenvalue weighted by molar-refractivity contribution is -0.131. The Morgan fingerprint density at radius 3 is 2.88 bits per heavy atom. The molecule has 0 saturated carbocycles. The number of piperidine rings is 1. The van der Waals surface area contributed by atoms with Crippen molar-refractivity contribution >= 4 is 5.91 Å². The van der Waals surface area contributed by atoms with Gasteiger partial charge in [-0.05, 0) is 25.9 Å². The number of carbonyl (C=O) groups is 1. The second-order valence-corrected chi connectivity index (χ2v) is 4.13. The summed E-state index contributed by atoms with van der Waals surface area (Å²) in [7, 11) is 1.79. The minimum atomic E-state index is 0.119. The van der Waals surface area contributed by atoms with Crippen LogP contribution in [0, 0.1) is 0 Å². The van der Waals surface area contributed by atoms with Crippen molar-refractivity contribution in [3.05, 3.63) is 12.7 Å². The van der Waals surface area contributed by atoms with Gasteiger partial charge in [0.1, 0.15) is 0 Å². The van der Waals surface area contributed by atoms with Gasteiger partial charge < -0.3 is 15.0 Å². The van der Waals surface area contributed by atoms with Gasteiger partial charge in [0.25, 0.3) is 0 Å². The van der Waals surface area contributed by atoms with Gasteiger partial charge in [0.2, 0.25) is 5.91 Å². The van der Waals surface area contributed by atoms with Crippen molar-refractivity contribution in [2.45, 2.75) is 25.4 Å². The topological polar surface area (TPSA) is 41.6 Å². The van der Waals surface area contributed by atoms with Gasteiger partial charge in [0.15, 0.2) is 0 Å². The summed E-state index contributed by atoms with van der Waals surface area (Å²) in [5.41, 5.74) is 0. The van der Waals surface area contributed by atoms with E-state index in [-0.39, 0.29) is 5.91 Å². The molecule has 0 aromatic carbocycles. The molecule has 4 nitrogen and oxygen atoms in total. The van der Waals surface area contributed by atoms with E-state index in [1.165, 1.54) is 0 Å². The standard InChI is InChI=1S/C12H22N2O2/c1-3-9-14(2)12(15)6-10-16-11-4-7-13-8-5-11/h3,11,13H,1,4-10H2,2H3. The Bertz CT molecular complexity index is 225. The van der Waals surface area contributed by atoms with Crippen LogP contribution in [0.1, 0.15) is 19.3 Å². The van der Waals surface area contributed by atoms with Gasteiger partial charge in [-0.3, -0.25) is 4.79 Å². The summed E-state index contributed by atoms with van der Waals surface area (Å²) in [6, 6.07) is 0. The Labute approximate surface area is 97.6 Å². The zero-order chi connectivity index (χ0) is 11.8. The van der Waals surface area contributed by atoms with Crippen molar-refractivity contribution in [3.8, 4) is 0 Å². The van der Waals surface area contributed by atoms with Crippen molar-refractivity contribution in [1.82, 2.24) is 10.2 Å². The molecule has 1 amide bonds. The predicted octanol–water partition coefficient (Wildman–Crippen LogP) is 0.789. The van der Waals surface area contributed by atoms with E-state index >= 15 is 0 Å². The number of nitrogens with zero attached hydrogens (tertiary/aromatic N) is 1. The quantitative estimate of drug-likeness (QED) is 0.681. The molecule has 1 rings (SSSR count). The van der Waals surface area contributed by atoms with Crippen LogP contribution in [-0.4, -0.2) is 50.2 Å². The van der Waals surface area contributed by atoms with E-state index in [2.05, 4.69) is 11.9 Å². The van der Waals surface area contributed by atoms with Crippen molar-refractivity contribution in [1.29, 1.82) is 0 Å². The van der Waals surface area contributed by atoms with Crippen LogP contribution in [0.5, 0.6) is 0 Å². The fraction of sp³-hybridized carbons (Fsp3) is 0.750. The van der Waals surface area contributed by atoms with Crippen LogP contribution >= 0.6 is 0 Å². The fourth-order valence-electron chi connectivity index (χ4n) is 1.76. The lowest BCUT2D eigenvalue weighted by Gasteiger charge is -2.23. The molecule has 1 saturated heterocycles. The Morgan fingerprint density at radius 2 is 2.25 bits per heavy atom. The van der Waals surface area contributed by atoms with Crippen LogP contribution in [0.25, 0.3) is 0 Å². The first-order valence-corrected chi connectivity index (χ1v) is 5.91. The number of hydrogen-bond donors (Lipinski definition) is 1. The van der Waals surface area contributed by atoms with Gasteiger partial charge in [-0.15, -0.1) is 6.58 Å². The molecule has 0 radical (unpaired) electrons. The lowest BCUT2D eigenvalue weighted by Crippen LogP contribution is -2.33. The normalized spacial score (nSPS) is 17.1. The number of rotatable bonds is 6. The number of hydrogen-bond acceptors (Lipinski definition) is 3. The Morgan fingerprint density at radius 1 is 1.56 bits per heavy atom. The summed E-state index contributed by atoms with van der Waals surface area (Å²) in [6.07, 6.45) is 4.63. The van der Waals surface area contributed by atoms with E-state index in [1.54, 1.807) is 18.0 Å². The van der Waals surface area contributed by atoms with Gasteiger partial charge in [0.05, 0.1) is 19.1 Å². The number of carbonyl (C=O) groups excluding carboxylic acids is 1. The average Bonchev–Trinajstić information content (AvgIpc) is 2.30. The highest BCUT2D eigenvalue weighted by Crippen LogP contribution is 2.07. The Balaban J connectivity index is 2.09. The molecular weight excluding hydrogens is 204 g/mol. The Kier molecular flexibility index (Phi) is 6.11. The molecule has 0 atom stereocenters. The lowest BCUT2D eigenvalue weighted by atomic mass is 10.1. The molecule has 0 spiro atoms. The van der Waals surface area contributed by atoms with E-state index in [0.717, 1.165) is 25.9 Å². The van der Waals surface area contributed by atoms with E-state index in [4.69, 9.17) is 4.74 Å². The maximum Gasteiger partial charge on any atom is 0.224 e. The average molecular weight is 226 g/mol. The number of ether oxygens (including phenoxy) is 1. The van der Waals surface area contributed by atoms with Gasteiger partial charge in [-0.2, -0.15) is 0 Å². The fourth-order valence-corrected chi connectivity index (χ4v) is 1.76. The van der Waals surface area contributed by atoms with Crippen LogP contribution in [0.4, 0.5) is 0 Å². The zero-order valence-corrected chi connectivity index (χ0v) is 10.1. The van der Waals surface area contributed by atoms with Gasteiger partial charge in [0, 0.05) is 13.6 Å². The summed E-state index contributed by atoms with van der Waals surface area (Å²) in [5.74, 6) is 0.119. The maximum absolute atomic E-state index is 11.6. The van der Waals surface area contributed by atoms with Gasteiger partial charge in [-0.25, -0.2) is 0 Å².